The summed E-state index contributed by atoms with van der Waals surface area (Å²) in [7, 11) is 0. The molecule has 0 aliphatic carbocycles. The number of amides is 2. The lowest BCUT2D eigenvalue weighted by Gasteiger charge is -2.31. The lowest BCUT2D eigenvalue weighted by Crippen LogP contribution is -2.51. The molecule has 1 atom stereocenters. The first-order valence-corrected chi connectivity index (χ1v) is 11.1. The molecule has 0 fully saturated rings. The predicted molar refractivity (Wildman–Crippen MR) is 126 cm³/mol. The predicted octanol–water partition coefficient (Wildman–Crippen LogP) is 5.32. The van der Waals surface area contributed by atoms with Crippen LogP contribution in [0.25, 0.3) is 0 Å². The molecule has 0 saturated carbocycles. The van der Waals surface area contributed by atoms with Gasteiger partial charge in [-0.2, -0.15) is 0 Å². The molecule has 0 radical (unpaired) electrons. The number of halogens is 2. The van der Waals surface area contributed by atoms with Gasteiger partial charge in [0.25, 0.3) is 5.91 Å². The van der Waals surface area contributed by atoms with E-state index in [1.807, 2.05) is 52.8 Å². The van der Waals surface area contributed by atoms with Gasteiger partial charge in [-0.3, -0.25) is 9.59 Å². The van der Waals surface area contributed by atoms with Gasteiger partial charge in [-0.15, -0.1) is 0 Å². The minimum atomic E-state index is -0.649. The van der Waals surface area contributed by atoms with Crippen LogP contribution in [0.1, 0.15) is 43.9 Å². The number of nitrogens with zero attached hydrogens (tertiary/aromatic N) is 1. The Morgan fingerprint density at radius 3 is 2.39 bits per heavy atom. The Balaban J connectivity index is 2.27. The fourth-order valence-electron chi connectivity index (χ4n) is 3.32. The van der Waals surface area contributed by atoms with Crippen molar-refractivity contribution in [1.82, 2.24) is 10.2 Å². The molecule has 2 aromatic rings. The van der Waals surface area contributed by atoms with E-state index >= 15 is 0 Å². The molecule has 2 aromatic carbocycles. The molecule has 2 amide bonds. The molecule has 2 rings (SSSR count). The zero-order valence-corrected chi connectivity index (χ0v) is 20.2. The molecule has 0 heterocycles. The molecule has 168 valence electrons. The molecule has 31 heavy (non-hydrogen) atoms. The summed E-state index contributed by atoms with van der Waals surface area (Å²) in [5, 5.41) is 3.85. The van der Waals surface area contributed by atoms with Gasteiger partial charge in [-0.05, 0) is 63.4 Å². The van der Waals surface area contributed by atoms with Crippen LogP contribution in [0, 0.1) is 13.8 Å². The van der Waals surface area contributed by atoms with Gasteiger partial charge in [-0.25, -0.2) is 0 Å². The van der Waals surface area contributed by atoms with Gasteiger partial charge in [-0.1, -0.05) is 53.9 Å². The molecule has 5 nitrogen and oxygen atoms in total. The quantitative estimate of drug-likeness (QED) is 0.545. The smallest absolute Gasteiger partial charge is 0.261 e. The third-order valence-electron chi connectivity index (χ3n) is 4.85. The standard InChI is InChI=1S/C24H30Cl2N2O3/c1-6-21(24(30)27-15(2)3)28(13-18-8-9-19(25)12-20(18)26)23(29)14-31-22-10-7-16(4)11-17(22)5/h7-12,15,21H,6,13-14H2,1-5H3,(H,27,30). The Hall–Kier alpha value is -2.24. The van der Waals surface area contributed by atoms with Crippen LogP contribution >= 0.6 is 23.2 Å². The molecular weight excluding hydrogens is 435 g/mol. The van der Waals surface area contributed by atoms with Crippen molar-refractivity contribution < 1.29 is 14.3 Å². The van der Waals surface area contributed by atoms with Crippen LogP contribution in [0.5, 0.6) is 5.75 Å². The lowest BCUT2D eigenvalue weighted by molar-refractivity contribution is -0.143. The summed E-state index contributed by atoms with van der Waals surface area (Å²) in [5.41, 5.74) is 2.78. The van der Waals surface area contributed by atoms with Crippen LogP contribution in [0.3, 0.4) is 0 Å². The van der Waals surface area contributed by atoms with E-state index in [-0.39, 0.29) is 31.0 Å². The van der Waals surface area contributed by atoms with E-state index in [4.69, 9.17) is 27.9 Å². The van der Waals surface area contributed by atoms with Crippen molar-refractivity contribution >= 4 is 35.0 Å². The SMILES string of the molecule is CCC(C(=O)NC(C)C)N(Cc1ccc(Cl)cc1Cl)C(=O)COc1ccc(C)cc1C. The third-order valence-corrected chi connectivity index (χ3v) is 5.44. The maximum Gasteiger partial charge on any atom is 0.261 e. The summed E-state index contributed by atoms with van der Waals surface area (Å²) < 4.78 is 5.80. The maximum absolute atomic E-state index is 13.2. The Kier molecular flexibility index (Phi) is 9.20. The van der Waals surface area contributed by atoms with Gasteiger partial charge >= 0.3 is 0 Å². The van der Waals surface area contributed by atoms with E-state index < -0.39 is 6.04 Å². The highest BCUT2D eigenvalue weighted by Gasteiger charge is 2.29. The van der Waals surface area contributed by atoms with Gasteiger partial charge in [0, 0.05) is 22.6 Å². The van der Waals surface area contributed by atoms with Gasteiger partial charge < -0.3 is 15.0 Å². The van der Waals surface area contributed by atoms with Crippen molar-refractivity contribution in [2.45, 2.75) is 59.7 Å². The molecule has 1 N–H and O–H groups in total. The largest absolute Gasteiger partial charge is 0.483 e. The zero-order valence-electron chi connectivity index (χ0n) is 18.7. The van der Waals surface area contributed by atoms with Crippen LogP contribution in [0.15, 0.2) is 36.4 Å². The zero-order chi connectivity index (χ0) is 23.1. The van der Waals surface area contributed by atoms with Crippen molar-refractivity contribution in [3.05, 3.63) is 63.1 Å². The van der Waals surface area contributed by atoms with Crippen LogP contribution in [0.2, 0.25) is 10.0 Å². The first-order valence-electron chi connectivity index (χ1n) is 10.4. The fraction of sp³-hybridized carbons (Fsp3) is 0.417. The first kappa shape index (κ1) is 25.0. The number of aryl methyl sites for hydroxylation is 2. The number of hydrogen-bond donors (Lipinski definition) is 1. The number of carbonyl (C=O) groups excluding carboxylic acids is 2. The molecule has 0 aliphatic heterocycles. The van der Waals surface area contributed by atoms with Crippen molar-refractivity contribution in [2.24, 2.45) is 0 Å². The minimum absolute atomic E-state index is 0.0379. The number of rotatable bonds is 9. The highest BCUT2D eigenvalue weighted by molar-refractivity contribution is 6.35. The molecule has 1 unspecified atom stereocenters. The van der Waals surface area contributed by atoms with Crippen LogP contribution in [-0.2, 0) is 16.1 Å². The number of hydrogen-bond acceptors (Lipinski definition) is 3. The van der Waals surface area contributed by atoms with Gasteiger partial charge in [0.15, 0.2) is 6.61 Å². The Labute approximate surface area is 194 Å². The summed E-state index contributed by atoms with van der Waals surface area (Å²) in [6.45, 7) is 9.57. The van der Waals surface area contributed by atoms with E-state index in [2.05, 4.69) is 5.32 Å². The summed E-state index contributed by atoms with van der Waals surface area (Å²) in [4.78, 5) is 27.6. The highest BCUT2D eigenvalue weighted by atomic mass is 35.5. The van der Waals surface area contributed by atoms with Crippen LogP contribution in [-0.4, -0.2) is 35.4 Å². The average Bonchev–Trinajstić information content (AvgIpc) is 2.68. The van der Waals surface area contributed by atoms with E-state index in [0.717, 1.165) is 11.1 Å². The summed E-state index contributed by atoms with van der Waals surface area (Å²) in [6, 6.07) is 10.2. The molecule has 0 aromatic heterocycles. The summed E-state index contributed by atoms with van der Waals surface area (Å²) >= 11 is 12.4. The van der Waals surface area contributed by atoms with Crippen molar-refractivity contribution in [3.63, 3.8) is 0 Å². The van der Waals surface area contributed by atoms with Crippen LogP contribution < -0.4 is 10.1 Å². The van der Waals surface area contributed by atoms with Crippen LogP contribution in [0.4, 0.5) is 0 Å². The molecule has 0 bridgehead atoms. The highest BCUT2D eigenvalue weighted by Crippen LogP contribution is 2.24. The molecule has 7 heteroatoms. The molecular formula is C24H30Cl2N2O3. The fourth-order valence-corrected chi connectivity index (χ4v) is 3.79. The van der Waals surface area contributed by atoms with E-state index in [1.54, 1.807) is 18.2 Å². The van der Waals surface area contributed by atoms with Gasteiger partial charge in [0.2, 0.25) is 5.91 Å². The maximum atomic E-state index is 13.2. The second kappa shape index (κ2) is 11.4. The number of nitrogens with one attached hydrogen (secondary N) is 1. The molecule has 0 aliphatic rings. The lowest BCUT2D eigenvalue weighted by atomic mass is 10.1. The Morgan fingerprint density at radius 2 is 1.81 bits per heavy atom. The van der Waals surface area contributed by atoms with Gasteiger partial charge in [0.05, 0.1) is 0 Å². The van der Waals surface area contributed by atoms with Crippen molar-refractivity contribution in [1.29, 1.82) is 0 Å². The topological polar surface area (TPSA) is 58.6 Å². The molecule has 0 saturated heterocycles. The van der Waals surface area contributed by atoms with Crippen molar-refractivity contribution in [2.75, 3.05) is 6.61 Å². The monoisotopic (exact) mass is 464 g/mol. The number of carbonyl (C=O) groups is 2. The second-order valence-corrected chi connectivity index (χ2v) is 8.75. The first-order chi connectivity index (χ1) is 14.6. The van der Waals surface area contributed by atoms with Crippen molar-refractivity contribution in [3.8, 4) is 5.75 Å². The Morgan fingerprint density at radius 1 is 1.10 bits per heavy atom. The Bertz CT molecular complexity index is 931. The average molecular weight is 465 g/mol. The minimum Gasteiger partial charge on any atom is -0.483 e. The molecule has 0 spiro atoms. The summed E-state index contributed by atoms with van der Waals surface area (Å²) in [5.74, 6) is 0.141. The second-order valence-electron chi connectivity index (χ2n) is 7.90. The third kappa shape index (κ3) is 7.15. The number of benzene rings is 2. The normalized spacial score (nSPS) is 11.9. The van der Waals surface area contributed by atoms with E-state index in [9.17, 15) is 9.59 Å². The van der Waals surface area contributed by atoms with Gasteiger partial charge in [0.1, 0.15) is 11.8 Å². The van der Waals surface area contributed by atoms with E-state index in [1.165, 1.54) is 4.90 Å². The van der Waals surface area contributed by atoms with E-state index in [0.29, 0.717) is 27.8 Å². The number of ether oxygens (including phenoxy) is 1. The summed E-state index contributed by atoms with van der Waals surface area (Å²) in [6.07, 6.45) is 0.457.